The van der Waals surface area contributed by atoms with E-state index in [1.165, 1.54) is 6.42 Å². The molecule has 19 heavy (non-hydrogen) atoms. The summed E-state index contributed by atoms with van der Waals surface area (Å²) in [4.78, 5) is 0. The van der Waals surface area contributed by atoms with Crippen molar-refractivity contribution in [2.24, 2.45) is 0 Å². The van der Waals surface area contributed by atoms with Gasteiger partial charge in [-0.3, -0.25) is 0 Å². The van der Waals surface area contributed by atoms with Crippen molar-refractivity contribution in [3.8, 4) is 11.5 Å². The number of ether oxygens (including phenoxy) is 3. The van der Waals surface area contributed by atoms with Crippen molar-refractivity contribution in [1.29, 1.82) is 0 Å². The summed E-state index contributed by atoms with van der Waals surface area (Å²) in [6, 6.07) is 3.87. The molecule has 4 nitrogen and oxygen atoms in total. The molecule has 2 rings (SSSR count). The van der Waals surface area contributed by atoms with Gasteiger partial charge in [0.25, 0.3) is 0 Å². The highest BCUT2D eigenvalue weighted by Crippen LogP contribution is 2.35. The predicted molar refractivity (Wildman–Crippen MR) is 77.9 cm³/mol. The van der Waals surface area contributed by atoms with Gasteiger partial charge >= 0.3 is 0 Å². The maximum absolute atomic E-state index is 5.59. The van der Waals surface area contributed by atoms with Crippen LogP contribution in [0.1, 0.15) is 18.4 Å². The standard InChI is InChI=1S/C14H20BrNO3/c1-17-13-6-5-12(15)11(14(13)18-2)9-16-8-10-4-3-7-19-10/h5-6,10,16H,3-4,7-9H2,1-2H3. The zero-order valence-corrected chi connectivity index (χ0v) is 13.0. The molecule has 1 saturated heterocycles. The molecule has 1 atom stereocenters. The Labute approximate surface area is 122 Å². The molecule has 1 aliphatic rings. The summed E-state index contributed by atoms with van der Waals surface area (Å²) in [5.74, 6) is 1.52. The van der Waals surface area contributed by atoms with E-state index in [1.807, 2.05) is 12.1 Å². The average molecular weight is 330 g/mol. The van der Waals surface area contributed by atoms with Gasteiger partial charge in [-0.25, -0.2) is 0 Å². The summed E-state index contributed by atoms with van der Waals surface area (Å²) in [7, 11) is 3.31. The van der Waals surface area contributed by atoms with Gasteiger partial charge in [-0.15, -0.1) is 0 Å². The molecule has 0 spiro atoms. The van der Waals surface area contributed by atoms with Gasteiger partial charge in [0.2, 0.25) is 0 Å². The van der Waals surface area contributed by atoms with Crippen molar-refractivity contribution < 1.29 is 14.2 Å². The lowest BCUT2D eigenvalue weighted by molar-refractivity contribution is 0.110. The minimum atomic E-state index is 0.343. The monoisotopic (exact) mass is 329 g/mol. The SMILES string of the molecule is COc1ccc(Br)c(CNCC2CCCO2)c1OC. The van der Waals surface area contributed by atoms with Crippen LogP contribution in [0.4, 0.5) is 0 Å². The third-order valence-corrected chi connectivity index (χ3v) is 4.03. The quantitative estimate of drug-likeness (QED) is 0.871. The predicted octanol–water partition coefficient (Wildman–Crippen LogP) is 2.73. The summed E-state index contributed by atoms with van der Waals surface area (Å²) in [6.45, 7) is 2.48. The third-order valence-electron chi connectivity index (χ3n) is 3.29. The lowest BCUT2D eigenvalue weighted by Gasteiger charge is -2.16. The van der Waals surface area contributed by atoms with E-state index in [9.17, 15) is 0 Å². The first-order valence-corrected chi connectivity index (χ1v) is 7.27. The van der Waals surface area contributed by atoms with Gasteiger partial charge in [0.15, 0.2) is 11.5 Å². The Morgan fingerprint density at radius 2 is 2.21 bits per heavy atom. The first kappa shape index (κ1) is 14.6. The highest BCUT2D eigenvalue weighted by molar-refractivity contribution is 9.10. The average Bonchev–Trinajstić information content (AvgIpc) is 2.93. The minimum absolute atomic E-state index is 0.343. The minimum Gasteiger partial charge on any atom is -0.493 e. The van der Waals surface area contributed by atoms with Crippen molar-refractivity contribution >= 4 is 15.9 Å². The molecule has 0 amide bonds. The summed E-state index contributed by atoms with van der Waals surface area (Å²) in [5, 5.41) is 3.42. The summed E-state index contributed by atoms with van der Waals surface area (Å²) < 4.78 is 17.4. The maximum Gasteiger partial charge on any atom is 0.166 e. The summed E-state index contributed by atoms with van der Waals surface area (Å²) >= 11 is 3.56. The number of halogens is 1. The molecule has 0 saturated carbocycles. The van der Waals surface area contributed by atoms with Gasteiger partial charge in [-0.2, -0.15) is 0 Å². The zero-order valence-electron chi connectivity index (χ0n) is 11.4. The first-order chi connectivity index (χ1) is 9.26. The smallest absolute Gasteiger partial charge is 0.166 e. The van der Waals surface area contributed by atoms with E-state index in [0.717, 1.165) is 47.7 Å². The molecule has 1 fully saturated rings. The number of hydrogen-bond acceptors (Lipinski definition) is 4. The second kappa shape index (κ2) is 7.12. The maximum atomic E-state index is 5.59. The molecule has 1 unspecified atom stereocenters. The van der Waals surface area contributed by atoms with E-state index in [1.54, 1.807) is 14.2 Å². The molecule has 1 aromatic carbocycles. The molecule has 1 aliphatic heterocycles. The van der Waals surface area contributed by atoms with Crippen molar-refractivity contribution in [3.63, 3.8) is 0 Å². The van der Waals surface area contributed by atoms with Crippen LogP contribution in [-0.2, 0) is 11.3 Å². The van der Waals surface area contributed by atoms with Crippen LogP contribution in [0.25, 0.3) is 0 Å². The zero-order chi connectivity index (χ0) is 13.7. The first-order valence-electron chi connectivity index (χ1n) is 6.48. The Balaban J connectivity index is 2.01. The largest absolute Gasteiger partial charge is 0.493 e. The van der Waals surface area contributed by atoms with Crippen LogP contribution in [0.5, 0.6) is 11.5 Å². The number of methoxy groups -OCH3 is 2. The highest BCUT2D eigenvalue weighted by atomic mass is 79.9. The fraction of sp³-hybridized carbons (Fsp3) is 0.571. The highest BCUT2D eigenvalue weighted by Gasteiger charge is 2.17. The van der Waals surface area contributed by atoms with Crippen LogP contribution in [0.15, 0.2) is 16.6 Å². The van der Waals surface area contributed by atoms with E-state index in [4.69, 9.17) is 14.2 Å². The molecule has 0 aliphatic carbocycles. The molecule has 0 bridgehead atoms. The fourth-order valence-corrected chi connectivity index (χ4v) is 2.75. The van der Waals surface area contributed by atoms with Gasteiger partial charge in [0.1, 0.15) is 0 Å². The van der Waals surface area contributed by atoms with E-state index in [-0.39, 0.29) is 0 Å². The lowest BCUT2D eigenvalue weighted by atomic mass is 10.1. The lowest BCUT2D eigenvalue weighted by Crippen LogP contribution is -2.26. The Bertz CT molecular complexity index is 419. The van der Waals surface area contributed by atoms with Crippen LogP contribution < -0.4 is 14.8 Å². The Kier molecular flexibility index (Phi) is 5.48. The molecular formula is C14H20BrNO3. The molecular weight excluding hydrogens is 310 g/mol. The Morgan fingerprint density at radius 1 is 1.37 bits per heavy atom. The van der Waals surface area contributed by atoms with Gasteiger partial charge in [-0.1, -0.05) is 15.9 Å². The summed E-state index contributed by atoms with van der Waals surface area (Å²) in [5.41, 5.74) is 1.07. The van der Waals surface area contributed by atoms with Crippen LogP contribution in [0.3, 0.4) is 0 Å². The van der Waals surface area contributed by atoms with Crippen molar-refractivity contribution in [2.45, 2.75) is 25.5 Å². The van der Waals surface area contributed by atoms with Gasteiger partial charge in [0, 0.05) is 29.7 Å². The summed E-state index contributed by atoms with van der Waals surface area (Å²) in [6.07, 6.45) is 2.65. The molecule has 1 heterocycles. The van der Waals surface area contributed by atoms with E-state index in [2.05, 4.69) is 21.2 Å². The van der Waals surface area contributed by atoms with Crippen molar-refractivity contribution in [2.75, 3.05) is 27.4 Å². The van der Waals surface area contributed by atoms with Crippen LogP contribution in [-0.4, -0.2) is 33.5 Å². The number of nitrogens with one attached hydrogen (secondary N) is 1. The van der Waals surface area contributed by atoms with Crippen molar-refractivity contribution in [1.82, 2.24) is 5.32 Å². The normalized spacial score (nSPS) is 18.6. The second-order valence-corrected chi connectivity index (χ2v) is 5.38. The van der Waals surface area contributed by atoms with Crippen LogP contribution in [0.2, 0.25) is 0 Å². The molecule has 1 N–H and O–H groups in total. The van der Waals surface area contributed by atoms with Crippen LogP contribution in [0, 0.1) is 0 Å². The Hall–Kier alpha value is -0.780. The number of hydrogen-bond donors (Lipinski definition) is 1. The second-order valence-electron chi connectivity index (χ2n) is 4.53. The molecule has 0 radical (unpaired) electrons. The van der Waals surface area contributed by atoms with Gasteiger partial charge < -0.3 is 19.5 Å². The third kappa shape index (κ3) is 3.61. The molecule has 5 heteroatoms. The van der Waals surface area contributed by atoms with E-state index >= 15 is 0 Å². The molecule has 0 aromatic heterocycles. The van der Waals surface area contributed by atoms with E-state index in [0.29, 0.717) is 6.10 Å². The van der Waals surface area contributed by atoms with Gasteiger partial charge in [0.05, 0.1) is 20.3 Å². The number of rotatable bonds is 6. The molecule has 106 valence electrons. The molecule has 1 aromatic rings. The van der Waals surface area contributed by atoms with E-state index < -0.39 is 0 Å². The van der Waals surface area contributed by atoms with Gasteiger partial charge in [-0.05, 0) is 25.0 Å². The topological polar surface area (TPSA) is 39.7 Å². The fourth-order valence-electron chi connectivity index (χ4n) is 2.30. The number of benzene rings is 1. The Morgan fingerprint density at radius 3 is 2.84 bits per heavy atom. The van der Waals surface area contributed by atoms with Crippen molar-refractivity contribution in [3.05, 3.63) is 22.2 Å². The van der Waals surface area contributed by atoms with Crippen LogP contribution >= 0.6 is 15.9 Å².